The second-order valence-electron chi connectivity index (χ2n) is 7.14. The van der Waals surface area contributed by atoms with E-state index in [2.05, 4.69) is 27.0 Å². The fraction of sp³-hybridized carbons (Fsp3) is 0.381. The van der Waals surface area contributed by atoms with Gasteiger partial charge in [0.1, 0.15) is 17.1 Å². The van der Waals surface area contributed by atoms with Crippen molar-refractivity contribution in [2.24, 2.45) is 0 Å². The Kier molecular flexibility index (Phi) is 5.25. The van der Waals surface area contributed by atoms with Crippen LogP contribution in [0.3, 0.4) is 0 Å². The zero-order valence-corrected chi connectivity index (χ0v) is 16.2. The topological polar surface area (TPSA) is 74.6 Å². The van der Waals surface area contributed by atoms with Gasteiger partial charge in [-0.2, -0.15) is 4.98 Å². The number of methoxy groups -OCH3 is 1. The molecule has 0 radical (unpaired) electrons. The van der Waals surface area contributed by atoms with E-state index < -0.39 is 0 Å². The number of piperidine rings is 1. The summed E-state index contributed by atoms with van der Waals surface area (Å²) in [6.45, 7) is 2.18. The molecule has 0 amide bonds. The SMILES string of the molecule is COc1ccc(CN(C)c2nccc(N3CCCC(O)C3)n2)c2cccnc12. The summed E-state index contributed by atoms with van der Waals surface area (Å²) in [5.74, 6) is 2.28. The summed E-state index contributed by atoms with van der Waals surface area (Å²) in [4.78, 5) is 17.8. The Hall–Kier alpha value is -2.93. The molecule has 1 aromatic carbocycles. The maximum atomic E-state index is 9.95. The molecule has 3 heterocycles. The summed E-state index contributed by atoms with van der Waals surface area (Å²) >= 11 is 0. The quantitative estimate of drug-likeness (QED) is 0.730. The van der Waals surface area contributed by atoms with Crippen molar-refractivity contribution in [2.45, 2.75) is 25.5 Å². The van der Waals surface area contributed by atoms with Crippen molar-refractivity contribution in [1.82, 2.24) is 15.0 Å². The van der Waals surface area contributed by atoms with Gasteiger partial charge in [-0.3, -0.25) is 4.98 Å². The second-order valence-corrected chi connectivity index (χ2v) is 7.14. The van der Waals surface area contributed by atoms with E-state index in [1.807, 2.05) is 30.1 Å². The first-order valence-corrected chi connectivity index (χ1v) is 9.53. The lowest BCUT2D eigenvalue weighted by molar-refractivity contribution is 0.154. The molecule has 1 N–H and O–H groups in total. The molecular formula is C21H25N5O2. The molecule has 7 heteroatoms. The number of ether oxygens (including phenoxy) is 1. The number of aromatic nitrogens is 3. The summed E-state index contributed by atoms with van der Waals surface area (Å²) in [5, 5.41) is 11.0. The molecule has 3 aromatic rings. The smallest absolute Gasteiger partial charge is 0.227 e. The van der Waals surface area contributed by atoms with E-state index in [0.717, 1.165) is 47.4 Å². The van der Waals surface area contributed by atoms with Crippen molar-refractivity contribution in [3.05, 3.63) is 48.3 Å². The van der Waals surface area contributed by atoms with E-state index in [1.54, 1.807) is 19.5 Å². The summed E-state index contributed by atoms with van der Waals surface area (Å²) in [5.41, 5.74) is 1.99. The normalized spacial score (nSPS) is 17.0. The van der Waals surface area contributed by atoms with Crippen molar-refractivity contribution in [3.8, 4) is 5.75 Å². The maximum Gasteiger partial charge on any atom is 0.227 e. The van der Waals surface area contributed by atoms with Gasteiger partial charge in [-0.25, -0.2) is 4.98 Å². The molecule has 4 rings (SSSR count). The van der Waals surface area contributed by atoms with Gasteiger partial charge >= 0.3 is 0 Å². The molecule has 1 fully saturated rings. The number of rotatable bonds is 5. The van der Waals surface area contributed by atoms with Crippen LogP contribution < -0.4 is 14.5 Å². The molecule has 0 spiro atoms. The van der Waals surface area contributed by atoms with E-state index >= 15 is 0 Å². The number of pyridine rings is 1. The zero-order chi connectivity index (χ0) is 19.5. The van der Waals surface area contributed by atoms with Crippen LogP contribution in [0.15, 0.2) is 42.7 Å². The molecule has 2 aromatic heterocycles. The van der Waals surface area contributed by atoms with Crippen LogP contribution in [0.1, 0.15) is 18.4 Å². The van der Waals surface area contributed by atoms with Crippen molar-refractivity contribution >= 4 is 22.7 Å². The standard InChI is InChI=1S/C21H25N5O2/c1-25(13-15-7-8-18(28-2)20-17(15)6-3-10-22-20)21-23-11-9-19(24-21)26-12-4-5-16(27)14-26/h3,6-11,16,27H,4-5,12-14H2,1-2H3. The number of anilines is 2. The average Bonchev–Trinajstić information content (AvgIpc) is 2.74. The Balaban J connectivity index is 1.58. The molecule has 1 aliphatic rings. The first-order valence-electron chi connectivity index (χ1n) is 9.53. The highest BCUT2D eigenvalue weighted by atomic mass is 16.5. The minimum absolute atomic E-state index is 0.289. The van der Waals surface area contributed by atoms with Crippen LogP contribution in [0.4, 0.5) is 11.8 Å². The number of fused-ring (bicyclic) bond motifs is 1. The number of aliphatic hydroxyl groups excluding tert-OH is 1. The van der Waals surface area contributed by atoms with E-state index in [1.165, 1.54) is 0 Å². The highest BCUT2D eigenvalue weighted by molar-refractivity contribution is 5.87. The van der Waals surface area contributed by atoms with Crippen LogP contribution in [0.2, 0.25) is 0 Å². The summed E-state index contributed by atoms with van der Waals surface area (Å²) in [6, 6.07) is 9.90. The Morgan fingerprint density at radius 3 is 2.93 bits per heavy atom. The predicted molar refractivity (Wildman–Crippen MR) is 110 cm³/mol. The van der Waals surface area contributed by atoms with Gasteiger partial charge in [0.25, 0.3) is 0 Å². The van der Waals surface area contributed by atoms with E-state index in [9.17, 15) is 5.11 Å². The van der Waals surface area contributed by atoms with E-state index in [-0.39, 0.29) is 6.10 Å². The van der Waals surface area contributed by atoms with Gasteiger partial charge in [-0.15, -0.1) is 0 Å². The number of hydrogen-bond donors (Lipinski definition) is 1. The van der Waals surface area contributed by atoms with Crippen molar-refractivity contribution in [2.75, 3.05) is 37.0 Å². The van der Waals surface area contributed by atoms with Gasteiger partial charge in [0.05, 0.1) is 13.2 Å². The molecule has 28 heavy (non-hydrogen) atoms. The molecule has 0 saturated carbocycles. The number of hydrogen-bond acceptors (Lipinski definition) is 7. The third-order valence-electron chi connectivity index (χ3n) is 5.14. The number of benzene rings is 1. The number of nitrogens with zero attached hydrogens (tertiary/aromatic N) is 5. The Morgan fingerprint density at radius 1 is 1.21 bits per heavy atom. The second kappa shape index (κ2) is 7.98. The van der Waals surface area contributed by atoms with Crippen molar-refractivity contribution < 1.29 is 9.84 Å². The van der Waals surface area contributed by atoms with Gasteiger partial charge in [-0.1, -0.05) is 12.1 Å². The fourth-order valence-corrected chi connectivity index (χ4v) is 3.70. The van der Waals surface area contributed by atoms with Crippen LogP contribution in [-0.2, 0) is 6.54 Å². The highest BCUT2D eigenvalue weighted by Gasteiger charge is 2.20. The molecule has 0 aliphatic carbocycles. The van der Waals surface area contributed by atoms with Gasteiger partial charge < -0.3 is 19.6 Å². The minimum atomic E-state index is -0.289. The lowest BCUT2D eigenvalue weighted by Crippen LogP contribution is -2.38. The minimum Gasteiger partial charge on any atom is -0.494 e. The molecule has 7 nitrogen and oxygen atoms in total. The van der Waals surface area contributed by atoms with E-state index in [4.69, 9.17) is 9.72 Å². The first-order chi connectivity index (χ1) is 13.7. The third-order valence-corrected chi connectivity index (χ3v) is 5.14. The van der Waals surface area contributed by atoms with Gasteiger partial charge in [0.2, 0.25) is 5.95 Å². The molecule has 146 valence electrons. The predicted octanol–water partition coefficient (Wildman–Crippen LogP) is 2.63. The molecule has 1 unspecified atom stereocenters. The number of aliphatic hydroxyl groups is 1. The van der Waals surface area contributed by atoms with Crippen LogP contribution >= 0.6 is 0 Å². The van der Waals surface area contributed by atoms with Crippen molar-refractivity contribution in [3.63, 3.8) is 0 Å². The van der Waals surface area contributed by atoms with Gasteiger partial charge in [0.15, 0.2) is 0 Å². The fourth-order valence-electron chi connectivity index (χ4n) is 3.70. The average molecular weight is 379 g/mol. The lowest BCUT2D eigenvalue weighted by Gasteiger charge is -2.31. The van der Waals surface area contributed by atoms with Crippen molar-refractivity contribution in [1.29, 1.82) is 0 Å². The molecule has 1 saturated heterocycles. The number of β-amino-alcohol motifs (C(OH)–C–C–N with tert-alkyl or cyclic N) is 1. The van der Waals surface area contributed by atoms with Crippen LogP contribution in [-0.4, -0.2) is 53.4 Å². The molecule has 1 aliphatic heterocycles. The monoisotopic (exact) mass is 379 g/mol. The van der Waals surface area contributed by atoms with E-state index in [0.29, 0.717) is 19.0 Å². The molecule has 1 atom stereocenters. The van der Waals surface area contributed by atoms with Crippen LogP contribution in [0.5, 0.6) is 5.75 Å². The maximum absolute atomic E-state index is 9.95. The Labute approximate surface area is 164 Å². The van der Waals surface area contributed by atoms with Gasteiger partial charge in [0, 0.05) is 44.5 Å². The zero-order valence-electron chi connectivity index (χ0n) is 16.2. The largest absolute Gasteiger partial charge is 0.494 e. The first kappa shape index (κ1) is 18.4. The highest BCUT2D eigenvalue weighted by Crippen LogP contribution is 2.28. The van der Waals surface area contributed by atoms with Gasteiger partial charge in [-0.05, 0) is 36.6 Å². The summed E-state index contributed by atoms with van der Waals surface area (Å²) in [6.07, 6.45) is 5.10. The summed E-state index contributed by atoms with van der Waals surface area (Å²) < 4.78 is 5.44. The Bertz CT molecular complexity index is 964. The lowest BCUT2D eigenvalue weighted by atomic mass is 10.1. The Morgan fingerprint density at radius 2 is 2.11 bits per heavy atom. The molecular weight excluding hydrogens is 354 g/mol. The third kappa shape index (κ3) is 3.71. The summed E-state index contributed by atoms with van der Waals surface area (Å²) in [7, 11) is 3.64. The van der Waals surface area contributed by atoms with Crippen LogP contribution in [0, 0.1) is 0 Å². The molecule has 0 bridgehead atoms. The van der Waals surface area contributed by atoms with Crippen LogP contribution in [0.25, 0.3) is 10.9 Å².